The average molecular weight is 512 g/mol. The lowest BCUT2D eigenvalue weighted by molar-refractivity contribution is -0.111. The standard InChI is InChI=1S/C29H29N5O4/c1-2-28(35)33-26-18-24-25(19-27(26)37-17-14-34-12-15-36-16-13-34)30-20-31-29(24)32-21-8-10-23(11-9-21)38-22-6-4-3-5-7-22/h2-11,18-20H,1,12-17H2,(H,33,35)(H,30,31,32). The Hall–Kier alpha value is -4.47. The Balaban J connectivity index is 1.35. The second kappa shape index (κ2) is 12.2. The van der Waals surface area contributed by atoms with Gasteiger partial charge in [-0.1, -0.05) is 24.8 Å². The topological polar surface area (TPSA) is 97.8 Å². The summed E-state index contributed by atoms with van der Waals surface area (Å²) in [7, 11) is 0. The molecular formula is C29H29N5O4. The van der Waals surface area contributed by atoms with E-state index in [1.54, 1.807) is 0 Å². The van der Waals surface area contributed by atoms with Gasteiger partial charge in [-0.3, -0.25) is 9.69 Å². The fraction of sp³-hybridized carbons (Fsp3) is 0.207. The zero-order chi connectivity index (χ0) is 26.2. The quantitative estimate of drug-likeness (QED) is 0.287. The number of benzene rings is 3. The number of carbonyl (C=O) groups is 1. The lowest BCUT2D eigenvalue weighted by Gasteiger charge is -2.26. The number of morpholine rings is 1. The van der Waals surface area contributed by atoms with E-state index in [0.717, 1.165) is 55.4 Å². The summed E-state index contributed by atoms with van der Waals surface area (Å²) in [6.45, 7) is 8.00. The van der Waals surface area contributed by atoms with Gasteiger partial charge in [0.2, 0.25) is 5.91 Å². The smallest absolute Gasteiger partial charge is 0.247 e. The van der Waals surface area contributed by atoms with Gasteiger partial charge in [0.15, 0.2) is 0 Å². The first-order valence-corrected chi connectivity index (χ1v) is 12.4. The summed E-state index contributed by atoms with van der Waals surface area (Å²) in [5.41, 5.74) is 2.03. The van der Waals surface area contributed by atoms with Crippen LogP contribution in [0.4, 0.5) is 17.2 Å². The van der Waals surface area contributed by atoms with Crippen LogP contribution in [0.25, 0.3) is 10.9 Å². The van der Waals surface area contributed by atoms with E-state index in [0.29, 0.717) is 29.4 Å². The number of ether oxygens (including phenoxy) is 3. The van der Waals surface area contributed by atoms with E-state index in [2.05, 4.69) is 32.1 Å². The molecule has 194 valence electrons. The summed E-state index contributed by atoms with van der Waals surface area (Å²) < 4.78 is 17.4. The van der Waals surface area contributed by atoms with Crippen LogP contribution in [0.2, 0.25) is 0 Å². The summed E-state index contributed by atoms with van der Waals surface area (Å²) >= 11 is 0. The van der Waals surface area contributed by atoms with Crippen LogP contribution < -0.4 is 20.1 Å². The maximum Gasteiger partial charge on any atom is 0.247 e. The average Bonchev–Trinajstić information content (AvgIpc) is 2.95. The van der Waals surface area contributed by atoms with Crippen molar-refractivity contribution in [2.24, 2.45) is 0 Å². The molecule has 2 heterocycles. The third kappa shape index (κ3) is 6.44. The van der Waals surface area contributed by atoms with Gasteiger partial charge >= 0.3 is 0 Å². The fourth-order valence-corrected chi connectivity index (χ4v) is 4.06. The minimum Gasteiger partial charge on any atom is -0.490 e. The number of para-hydroxylation sites is 1. The van der Waals surface area contributed by atoms with E-state index in [4.69, 9.17) is 14.2 Å². The zero-order valence-electron chi connectivity index (χ0n) is 20.9. The van der Waals surface area contributed by atoms with Crippen molar-refractivity contribution in [3.05, 3.63) is 85.7 Å². The van der Waals surface area contributed by atoms with Gasteiger partial charge in [-0.25, -0.2) is 9.97 Å². The van der Waals surface area contributed by atoms with Gasteiger partial charge in [0.05, 0.1) is 24.4 Å². The Bertz CT molecular complexity index is 1390. The molecule has 0 saturated carbocycles. The number of nitrogens with zero attached hydrogens (tertiary/aromatic N) is 3. The Morgan fingerprint density at radius 1 is 1.03 bits per heavy atom. The molecule has 9 nitrogen and oxygen atoms in total. The van der Waals surface area contributed by atoms with Crippen molar-refractivity contribution in [1.82, 2.24) is 14.9 Å². The van der Waals surface area contributed by atoms with Crippen LogP contribution in [-0.4, -0.2) is 60.2 Å². The normalized spacial score (nSPS) is 13.6. The van der Waals surface area contributed by atoms with Crippen LogP contribution in [0.15, 0.2) is 85.7 Å². The number of fused-ring (bicyclic) bond motifs is 1. The van der Waals surface area contributed by atoms with Crippen LogP contribution in [0.3, 0.4) is 0 Å². The maximum atomic E-state index is 12.2. The summed E-state index contributed by atoms with van der Waals surface area (Å²) in [5, 5.41) is 6.92. The van der Waals surface area contributed by atoms with Crippen molar-refractivity contribution in [3.8, 4) is 17.2 Å². The molecule has 0 radical (unpaired) electrons. The SMILES string of the molecule is C=CC(=O)Nc1cc2c(Nc3ccc(Oc4ccccc4)cc3)ncnc2cc1OCCN1CCOCC1. The Kier molecular flexibility index (Phi) is 8.07. The number of anilines is 3. The van der Waals surface area contributed by atoms with Gasteiger partial charge in [-0.2, -0.15) is 0 Å². The molecule has 0 bridgehead atoms. The molecule has 5 rings (SSSR count). The van der Waals surface area contributed by atoms with Gasteiger partial charge in [-0.15, -0.1) is 0 Å². The fourth-order valence-electron chi connectivity index (χ4n) is 4.06. The Morgan fingerprint density at radius 3 is 2.55 bits per heavy atom. The molecule has 1 amide bonds. The molecule has 1 fully saturated rings. The van der Waals surface area contributed by atoms with Crippen molar-refractivity contribution in [2.75, 3.05) is 50.1 Å². The van der Waals surface area contributed by atoms with Gasteiger partial charge in [-0.05, 0) is 48.5 Å². The number of hydrogen-bond donors (Lipinski definition) is 2. The highest BCUT2D eigenvalue weighted by Crippen LogP contribution is 2.34. The second-order valence-corrected chi connectivity index (χ2v) is 8.65. The van der Waals surface area contributed by atoms with Crippen LogP contribution in [0.5, 0.6) is 17.2 Å². The first-order chi connectivity index (χ1) is 18.7. The monoisotopic (exact) mass is 511 g/mol. The molecule has 0 spiro atoms. The van der Waals surface area contributed by atoms with Gasteiger partial charge in [0.25, 0.3) is 0 Å². The number of hydrogen-bond acceptors (Lipinski definition) is 8. The van der Waals surface area contributed by atoms with E-state index < -0.39 is 0 Å². The van der Waals surface area contributed by atoms with Gasteiger partial charge < -0.3 is 24.8 Å². The number of amides is 1. The van der Waals surface area contributed by atoms with Crippen LogP contribution in [0, 0.1) is 0 Å². The van der Waals surface area contributed by atoms with Crippen molar-refractivity contribution in [1.29, 1.82) is 0 Å². The zero-order valence-corrected chi connectivity index (χ0v) is 20.9. The predicted octanol–water partition coefficient (Wildman–Crippen LogP) is 5.00. The molecule has 38 heavy (non-hydrogen) atoms. The van der Waals surface area contributed by atoms with Crippen molar-refractivity contribution >= 4 is 34.0 Å². The molecule has 3 aromatic carbocycles. The maximum absolute atomic E-state index is 12.2. The molecule has 1 aromatic heterocycles. The van der Waals surface area contributed by atoms with Crippen molar-refractivity contribution in [2.45, 2.75) is 0 Å². The van der Waals surface area contributed by atoms with Crippen molar-refractivity contribution < 1.29 is 19.0 Å². The third-order valence-corrected chi connectivity index (χ3v) is 6.04. The molecule has 0 atom stereocenters. The highest BCUT2D eigenvalue weighted by Gasteiger charge is 2.15. The molecule has 2 N–H and O–H groups in total. The molecule has 4 aromatic rings. The minimum absolute atomic E-state index is 0.331. The second-order valence-electron chi connectivity index (χ2n) is 8.65. The molecule has 1 aliphatic rings. The number of nitrogens with one attached hydrogen (secondary N) is 2. The molecule has 0 unspecified atom stereocenters. The first kappa shape index (κ1) is 25.2. The van der Waals surface area contributed by atoms with E-state index in [1.165, 1.54) is 12.4 Å². The van der Waals surface area contributed by atoms with Gasteiger partial charge in [0, 0.05) is 36.8 Å². The summed E-state index contributed by atoms with van der Waals surface area (Å²) in [4.78, 5) is 23.3. The number of aromatic nitrogens is 2. The number of carbonyl (C=O) groups excluding carboxylic acids is 1. The highest BCUT2D eigenvalue weighted by atomic mass is 16.5. The molecule has 9 heteroatoms. The van der Waals surface area contributed by atoms with E-state index in [9.17, 15) is 4.79 Å². The van der Waals surface area contributed by atoms with E-state index in [-0.39, 0.29) is 5.91 Å². The lowest BCUT2D eigenvalue weighted by Crippen LogP contribution is -2.38. The Morgan fingerprint density at radius 2 is 1.79 bits per heavy atom. The Labute approximate surface area is 221 Å². The summed E-state index contributed by atoms with van der Waals surface area (Å²) in [5.74, 6) is 2.30. The summed E-state index contributed by atoms with van der Waals surface area (Å²) in [6.07, 6.45) is 2.72. The number of rotatable bonds is 10. The molecular weight excluding hydrogens is 482 g/mol. The lowest BCUT2D eigenvalue weighted by atomic mass is 10.1. The summed E-state index contributed by atoms with van der Waals surface area (Å²) in [6, 6.07) is 20.8. The first-order valence-electron chi connectivity index (χ1n) is 12.4. The minimum atomic E-state index is -0.331. The van der Waals surface area contributed by atoms with Crippen LogP contribution >= 0.6 is 0 Å². The highest BCUT2D eigenvalue weighted by molar-refractivity contribution is 6.03. The van der Waals surface area contributed by atoms with Crippen molar-refractivity contribution in [3.63, 3.8) is 0 Å². The van der Waals surface area contributed by atoms with E-state index in [1.807, 2.05) is 66.7 Å². The predicted molar refractivity (Wildman–Crippen MR) is 147 cm³/mol. The molecule has 0 aliphatic carbocycles. The largest absolute Gasteiger partial charge is 0.490 e. The van der Waals surface area contributed by atoms with Gasteiger partial charge in [0.1, 0.15) is 36.0 Å². The van der Waals surface area contributed by atoms with E-state index >= 15 is 0 Å². The molecule has 1 saturated heterocycles. The molecule has 1 aliphatic heterocycles. The van der Waals surface area contributed by atoms with Crippen LogP contribution in [0.1, 0.15) is 0 Å². The van der Waals surface area contributed by atoms with Crippen LogP contribution in [-0.2, 0) is 9.53 Å². The third-order valence-electron chi connectivity index (χ3n) is 6.04.